The van der Waals surface area contributed by atoms with Gasteiger partial charge in [-0.1, -0.05) is 30.3 Å². The molecule has 1 aliphatic heterocycles. The number of likely N-dealkylation sites (tertiary alicyclic amines) is 1. The monoisotopic (exact) mass is 245 g/mol. The molecule has 1 saturated heterocycles. The van der Waals surface area contributed by atoms with Gasteiger partial charge < -0.3 is 14.4 Å². The highest BCUT2D eigenvalue weighted by molar-refractivity contribution is 5.70. The van der Waals surface area contributed by atoms with E-state index in [1.807, 2.05) is 30.3 Å². The van der Waals surface area contributed by atoms with Crippen LogP contribution in [-0.4, -0.2) is 30.4 Å². The highest BCUT2D eigenvalue weighted by Crippen LogP contribution is 2.50. The minimum Gasteiger partial charge on any atom is -0.445 e. The van der Waals surface area contributed by atoms with Gasteiger partial charge in [-0.05, 0) is 17.4 Å². The van der Waals surface area contributed by atoms with Crippen LogP contribution in [0.3, 0.4) is 0 Å². The van der Waals surface area contributed by atoms with Crippen LogP contribution in [0.4, 0.5) is 4.79 Å². The summed E-state index contributed by atoms with van der Waals surface area (Å²) in [5.41, 5.74) is 0.987. The average Bonchev–Trinajstić information content (AvgIpc) is 2.88. The fourth-order valence-corrected chi connectivity index (χ4v) is 2.73. The SMILES string of the molecule is O=C[C@H]1[C@H]2CN(C(=O)OCc3ccccc3)C[C@@H]12. The Labute approximate surface area is 106 Å². The lowest BCUT2D eigenvalue weighted by atomic mass is 10.2. The smallest absolute Gasteiger partial charge is 0.410 e. The van der Waals surface area contributed by atoms with Gasteiger partial charge in [0.2, 0.25) is 0 Å². The number of benzene rings is 1. The van der Waals surface area contributed by atoms with Crippen molar-refractivity contribution >= 4 is 12.4 Å². The Balaban J connectivity index is 1.48. The summed E-state index contributed by atoms with van der Waals surface area (Å²) in [6.45, 7) is 1.64. The number of amides is 1. The second-order valence-corrected chi connectivity index (χ2v) is 4.99. The number of carbonyl (C=O) groups excluding carboxylic acids is 2. The molecule has 0 spiro atoms. The molecular formula is C14H15NO3. The van der Waals surface area contributed by atoms with E-state index in [0.717, 1.165) is 11.8 Å². The first-order valence-corrected chi connectivity index (χ1v) is 6.20. The second kappa shape index (κ2) is 4.44. The van der Waals surface area contributed by atoms with Crippen molar-refractivity contribution in [2.24, 2.45) is 17.8 Å². The molecule has 0 bridgehead atoms. The van der Waals surface area contributed by atoms with E-state index in [4.69, 9.17) is 4.74 Å². The van der Waals surface area contributed by atoms with Gasteiger partial charge in [-0.2, -0.15) is 0 Å². The van der Waals surface area contributed by atoms with E-state index in [-0.39, 0.29) is 12.0 Å². The molecule has 0 aromatic heterocycles. The van der Waals surface area contributed by atoms with Crippen LogP contribution in [0.5, 0.6) is 0 Å². The lowest BCUT2D eigenvalue weighted by molar-refractivity contribution is -0.109. The van der Waals surface area contributed by atoms with E-state index in [1.165, 1.54) is 0 Å². The molecule has 4 nitrogen and oxygen atoms in total. The van der Waals surface area contributed by atoms with E-state index < -0.39 is 0 Å². The highest BCUT2D eigenvalue weighted by Gasteiger charge is 2.56. The number of piperidine rings is 1. The normalized spacial score (nSPS) is 28.7. The van der Waals surface area contributed by atoms with Crippen LogP contribution >= 0.6 is 0 Å². The Kier molecular flexibility index (Phi) is 2.78. The van der Waals surface area contributed by atoms with Gasteiger partial charge in [-0.3, -0.25) is 0 Å². The molecule has 2 fully saturated rings. The maximum Gasteiger partial charge on any atom is 0.410 e. The van der Waals surface area contributed by atoms with Crippen LogP contribution in [0.2, 0.25) is 0 Å². The summed E-state index contributed by atoms with van der Waals surface area (Å²) in [6, 6.07) is 9.62. The van der Waals surface area contributed by atoms with Crippen LogP contribution in [0.15, 0.2) is 30.3 Å². The van der Waals surface area contributed by atoms with Gasteiger partial charge in [0.1, 0.15) is 12.9 Å². The number of hydrogen-bond acceptors (Lipinski definition) is 3. The van der Waals surface area contributed by atoms with Crippen LogP contribution in [0.25, 0.3) is 0 Å². The molecule has 1 saturated carbocycles. The Morgan fingerprint density at radius 3 is 2.56 bits per heavy atom. The zero-order valence-electron chi connectivity index (χ0n) is 9.99. The van der Waals surface area contributed by atoms with Crippen molar-refractivity contribution in [2.45, 2.75) is 6.61 Å². The minimum atomic E-state index is -0.268. The molecule has 3 atom stereocenters. The second-order valence-electron chi connectivity index (χ2n) is 4.99. The van der Waals surface area contributed by atoms with Crippen molar-refractivity contribution < 1.29 is 14.3 Å². The number of aldehydes is 1. The van der Waals surface area contributed by atoms with E-state index in [9.17, 15) is 9.59 Å². The minimum absolute atomic E-state index is 0.183. The third-order valence-corrected chi connectivity index (χ3v) is 3.88. The van der Waals surface area contributed by atoms with Gasteiger partial charge in [0.05, 0.1) is 0 Å². The van der Waals surface area contributed by atoms with Crippen molar-refractivity contribution in [3.05, 3.63) is 35.9 Å². The van der Waals surface area contributed by atoms with Crippen molar-refractivity contribution in [3.8, 4) is 0 Å². The van der Waals surface area contributed by atoms with E-state index in [1.54, 1.807) is 4.90 Å². The molecule has 3 rings (SSSR count). The van der Waals surface area contributed by atoms with Crippen LogP contribution < -0.4 is 0 Å². The Bertz CT molecular complexity index is 447. The van der Waals surface area contributed by atoms with Gasteiger partial charge in [-0.15, -0.1) is 0 Å². The lowest BCUT2D eigenvalue weighted by Crippen LogP contribution is -2.32. The van der Waals surface area contributed by atoms with Gasteiger partial charge in [0.25, 0.3) is 0 Å². The summed E-state index contributed by atoms with van der Waals surface area (Å²) < 4.78 is 5.25. The summed E-state index contributed by atoms with van der Waals surface area (Å²) >= 11 is 0. The molecule has 18 heavy (non-hydrogen) atoms. The third kappa shape index (κ3) is 1.98. The Morgan fingerprint density at radius 2 is 1.94 bits per heavy atom. The molecule has 94 valence electrons. The van der Waals surface area contributed by atoms with Crippen molar-refractivity contribution in [2.75, 3.05) is 13.1 Å². The summed E-state index contributed by atoms with van der Waals surface area (Å²) in [7, 11) is 0. The van der Waals surface area contributed by atoms with Crippen molar-refractivity contribution in [1.82, 2.24) is 4.90 Å². The maximum atomic E-state index is 11.8. The zero-order chi connectivity index (χ0) is 12.5. The molecule has 2 aliphatic rings. The Morgan fingerprint density at radius 1 is 1.28 bits per heavy atom. The van der Waals surface area contributed by atoms with Crippen LogP contribution in [0, 0.1) is 17.8 Å². The first-order chi connectivity index (χ1) is 8.79. The maximum absolute atomic E-state index is 11.8. The summed E-state index contributed by atoms with van der Waals surface area (Å²) in [5.74, 6) is 0.946. The number of rotatable bonds is 3. The topological polar surface area (TPSA) is 46.6 Å². The number of fused-ring (bicyclic) bond motifs is 1. The molecule has 1 amide bonds. The third-order valence-electron chi connectivity index (χ3n) is 3.88. The summed E-state index contributed by atoms with van der Waals surface area (Å²) in [6.07, 6.45) is 0.748. The zero-order valence-corrected chi connectivity index (χ0v) is 9.99. The standard InChI is InChI=1S/C14H15NO3/c16-8-13-11-6-15(7-12(11)13)14(17)18-9-10-4-2-1-3-5-10/h1-5,8,11-13H,6-7,9H2/t11-,12+,13-. The van der Waals surface area contributed by atoms with Gasteiger partial charge in [0.15, 0.2) is 0 Å². The van der Waals surface area contributed by atoms with Crippen LogP contribution in [-0.2, 0) is 16.1 Å². The molecule has 1 aliphatic carbocycles. The lowest BCUT2D eigenvalue weighted by Gasteiger charge is -2.18. The number of ether oxygens (including phenoxy) is 1. The highest BCUT2D eigenvalue weighted by atomic mass is 16.6. The molecule has 1 aromatic rings. The van der Waals surface area contributed by atoms with Gasteiger partial charge >= 0.3 is 6.09 Å². The van der Waals surface area contributed by atoms with E-state index in [2.05, 4.69) is 0 Å². The quantitative estimate of drug-likeness (QED) is 0.761. The predicted octanol–water partition coefficient (Wildman–Crippen LogP) is 1.70. The summed E-state index contributed by atoms with van der Waals surface area (Å²) in [4.78, 5) is 24.1. The fraction of sp³-hybridized carbons (Fsp3) is 0.429. The average molecular weight is 245 g/mol. The number of hydrogen-bond donors (Lipinski definition) is 0. The van der Waals surface area contributed by atoms with Gasteiger partial charge in [0, 0.05) is 19.0 Å². The molecular weight excluding hydrogens is 230 g/mol. The molecule has 0 unspecified atom stereocenters. The first kappa shape index (κ1) is 11.3. The van der Waals surface area contributed by atoms with E-state index in [0.29, 0.717) is 31.5 Å². The van der Waals surface area contributed by atoms with Gasteiger partial charge in [-0.25, -0.2) is 4.79 Å². The molecule has 4 heteroatoms. The number of carbonyl (C=O) groups is 2. The molecule has 1 aromatic carbocycles. The Hall–Kier alpha value is -1.84. The van der Waals surface area contributed by atoms with E-state index >= 15 is 0 Å². The van der Waals surface area contributed by atoms with Crippen molar-refractivity contribution in [3.63, 3.8) is 0 Å². The molecule has 1 heterocycles. The predicted molar refractivity (Wildman–Crippen MR) is 64.7 cm³/mol. The van der Waals surface area contributed by atoms with Crippen molar-refractivity contribution in [1.29, 1.82) is 0 Å². The number of nitrogens with zero attached hydrogens (tertiary/aromatic N) is 1. The first-order valence-electron chi connectivity index (χ1n) is 6.20. The van der Waals surface area contributed by atoms with Crippen LogP contribution in [0.1, 0.15) is 5.56 Å². The molecule has 0 radical (unpaired) electrons. The fourth-order valence-electron chi connectivity index (χ4n) is 2.73. The molecule has 0 N–H and O–H groups in total. The summed E-state index contributed by atoms with van der Waals surface area (Å²) in [5, 5.41) is 0. The largest absolute Gasteiger partial charge is 0.445 e.